The van der Waals surface area contributed by atoms with Crippen LogP contribution in [0.4, 0.5) is 34.1 Å². The van der Waals surface area contributed by atoms with E-state index < -0.39 is 12.1 Å². The van der Waals surface area contributed by atoms with Gasteiger partial charge in [-0.1, -0.05) is 438 Å². The first-order valence-corrected chi connectivity index (χ1v) is 47.5. The van der Waals surface area contributed by atoms with Gasteiger partial charge in [-0.15, -0.1) is 0 Å². The summed E-state index contributed by atoms with van der Waals surface area (Å²) in [5, 5.41) is 4.69. The molecule has 0 amide bonds. The van der Waals surface area contributed by atoms with Crippen LogP contribution in [-0.4, -0.2) is 15.8 Å². The van der Waals surface area contributed by atoms with Gasteiger partial charge in [0.25, 0.3) is 6.71 Å². The van der Waals surface area contributed by atoms with Crippen LogP contribution in [0.25, 0.3) is 167 Å². The van der Waals surface area contributed by atoms with Gasteiger partial charge in [0, 0.05) is 77.9 Å². The van der Waals surface area contributed by atoms with Crippen LogP contribution in [0.1, 0.15) is 79.0 Å². The number of nitrogens with zero attached hydrogens (tertiary/aromatic N) is 4. The summed E-state index contributed by atoms with van der Waals surface area (Å²) >= 11 is 0. The van der Waals surface area contributed by atoms with Crippen molar-refractivity contribution in [3.63, 3.8) is 0 Å². The highest BCUT2D eigenvalue weighted by Crippen LogP contribution is 2.58. The molecule has 4 heterocycles. The zero-order chi connectivity index (χ0) is 91.4. The van der Waals surface area contributed by atoms with Crippen LogP contribution in [-0.2, 0) is 16.2 Å². The third-order valence-electron chi connectivity index (χ3n) is 27.9. The van der Waals surface area contributed by atoms with Crippen LogP contribution >= 0.6 is 0 Å². The molecule has 0 radical (unpaired) electrons. The fraction of sp³-hybridized carbons (Fsp3) is 0.0923. The molecular formula is C130H103BN4. The van der Waals surface area contributed by atoms with E-state index in [1.54, 1.807) is 0 Å². The van der Waals surface area contributed by atoms with Gasteiger partial charge in [0.05, 0.1) is 34.2 Å². The van der Waals surface area contributed by atoms with Crippen molar-refractivity contribution in [1.82, 2.24) is 9.13 Å². The summed E-state index contributed by atoms with van der Waals surface area (Å²) in [5.41, 5.74) is 41.7. The standard InChI is InChI=1S/C130H103BN4/c1-128(2,3)102-78-111(98-62-38-58-94(74-98)86-42-18-10-19-43-86)126(112(79-102)99-63-39-59-95(75-99)87-44-20-11-21-45-87)134-117-84-105(132-122(90-50-26-14-27-51-90)107-66-34-35-67-108(107)123(132)91-52-28-15-29-53-91)70-72-115(117)131-116-73-71-106(133-124(92-54-30-16-31-55-92)109-68-36-37-69-110(109)125(133)93-56-32-17-33-57-93)85-118(116)135(120-83-104(130(7,8)9)82-119(134)121(120)131)127-113(100-64-40-60-96(76-100)88-46-22-12-23-47-88)80-103(129(4,5)6)81-114(127)101-65-41-61-97(77-101)89-48-24-13-25-49-89/h10-85H,1-9H3. The van der Waals surface area contributed by atoms with Crippen LogP contribution in [0.3, 0.4) is 0 Å². The first kappa shape index (κ1) is 83.3. The predicted octanol–water partition coefficient (Wildman–Crippen LogP) is 33.6. The molecule has 0 unspecified atom stereocenters. The summed E-state index contributed by atoms with van der Waals surface area (Å²) in [6.45, 7) is 21.2. The maximum atomic E-state index is 2.79. The van der Waals surface area contributed by atoms with Crippen LogP contribution < -0.4 is 26.2 Å². The molecule has 2 aliphatic heterocycles. The van der Waals surface area contributed by atoms with Crippen molar-refractivity contribution in [2.75, 3.05) is 9.80 Å². The Balaban J connectivity index is 0.925. The van der Waals surface area contributed by atoms with Crippen LogP contribution in [0.15, 0.2) is 461 Å². The van der Waals surface area contributed by atoms with Crippen molar-refractivity contribution in [1.29, 1.82) is 0 Å². The predicted molar refractivity (Wildman–Crippen MR) is 575 cm³/mol. The van der Waals surface area contributed by atoms with E-state index in [1.165, 1.54) is 54.6 Å². The lowest BCUT2D eigenvalue weighted by molar-refractivity contribution is 0.590. The van der Waals surface area contributed by atoms with Gasteiger partial charge in [0.1, 0.15) is 0 Å². The molecule has 0 atom stereocenters. The summed E-state index contributed by atoms with van der Waals surface area (Å²) in [4.78, 5) is 5.58. The minimum atomic E-state index is -0.463. The third-order valence-corrected chi connectivity index (χ3v) is 27.9. The van der Waals surface area contributed by atoms with Gasteiger partial charge >= 0.3 is 0 Å². The fourth-order valence-electron chi connectivity index (χ4n) is 21.2. The van der Waals surface area contributed by atoms with Gasteiger partial charge < -0.3 is 18.9 Å². The molecule has 5 heteroatoms. The normalized spacial score (nSPS) is 12.4. The summed E-state index contributed by atoms with van der Waals surface area (Å²) < 4.78 is 5.19. The van der Waals surface area contributed by atoms with E-state index in [1.807, 2.05) is 0 Å². The summed E-state index contributed by atoms with van der Waals surface area (Å²) in [6, 6.07) is 175. The smallest absolute Gasteiger partial charge is 0.252 e. The summed E-state index contributed by atoms with van der Waals surface area (Å²) in [6.07, 6.45) is 0. The van der Waals surface area contributed by atoms with Gasteiger partial charge in [-0.2, -0.15) is 0 Å². The van der Waals surface area contributed by atoms with E-state index in [-0.39, 0.29) is 10.8 Å². The molecule has 0 bridgehead atoms. The number of rotatable bonds is 16. The maximum Gasteiger partial charge on any atom is 0.252 e. The Kier molecular flexibility index (Phi) is 20.7. The van der Waals surface area contributed by atoms with Crippen molar-refractivity contribution >= 4 is 78.8 Å². The molecule has 23 rings (SSSR count). The second-order valence-electron chi connectivity index (χ2n) is 39.5. The molecule has 0 aliphatic carbocycles. The molecule has 0 N–H and O–H groups in total. The molecule has 2 aliphatic rings. The molecule has 646 valence electrons. The number of hydrogen-bond acceptors (Lipinski definition) is 2. The molecule has 19 aromatic carbocycles. The highest BCUT2D eigenvalue weighted by Gasteiger charge is 2.47. The quantitative estimate of drug-likeness (QED) is 0.0897. The minimum Gasteiger partial charge on any atom is -0.310 e. The Morgan fingerprint density at radius 3 is 0.637 bits per heavy atom. The van der Waals surface area contributed by atoms with Gasteiger partial charge in [-0.25, -0.2) is 0 Å². The van der Waals surface area contributed by atoms with E-state index in [2.05, 4.69) is 542 Å². The van der Waals surface area contributed by atoms with Crippen LogP contribution in [0.5, 0.6) is 0 Å². The van der Waals surface area contributed by atoms with E-state index in [9.17, 15) is 0 Å². The molecule has 21 aromatic rings. The van der Waals surface area contributed by atoms with Gasteiger partial charge in [0.2, 0.25) is 0 Å². The van der Waals surface area contributed by atoms with Crippen LogP contribution in [0.2, 0.25) is 0 Å². The Morgan fingerprint density at radius 2 is 0.393 bits per heavy atom. The van der Waals surface area contributed by atoms with Gasteiger partial charge in [0.15, 0.2) is 0 Å². The SMILES string of the molecule is CC(C)(C)c1cc(-c2cccc(-c3ccccc3)c2)c(N2c3cc(-n4c(-c5ccccc5)c5ccccc5c4-c4ccccc4)ccc3B3c4ccc(-n5c(-c6ccccc6)c6ccccc6c5-c5ccccc5)cc4N(c4c(-c5cccc(-c6ccccc6)c5)cc(C(C)(C)C)cc4-c4cccc(-c5ccccc5)c4)c4cc(C(C)(C)C)cc2c43)c(-c2cccc(-c3ccccc3)c2)c1. The number of hydrogen-bond donors (Lipinski definition) is 0. The molecule has 0 saturated heterocycles. The maximum absolute atomic E-state index is 2.79. The largest absolute Gasteiger partial charge is 0.310 e. The first-order chi connectivity index (χ1) is 65.9. The molecule has 0 saturated carbocycles. The Labute approximate surface area is 793 Å². The highest BCUT2D eigenvalue weighted by molar-refractivity contribution is 7.00. The minimum absolute atomic E-state index is 0.322. The second kappa shape index (κ2) is 33.6. The Morgan fingerprint density at radius 1 is 0.178 bits per heavy atom. The van der Waals surface area contributed by atoms with Gasteiger partial charge in [-0.3, -0.25) is 0 Å². The molecule has 2 aromatic heterocycles. The number of fused-ring (bicyclic) bond motifs is 6. The Bertz CT molecular complexity index is 7280. The fourth-order valence-corrected chi connectivity index (χ4v) is 21.2. The summed E-state index contributed by atoms with van der Waals surface area (Å²) in [7, 11) is 0. The third kappa shape index (κ3) is 14.9. The molecule has 135 heavy (non-hydrogen) atoms. The number of aromatic nitrogens is 2. The summed E-state index contributed by atoms with van der Waals surface area (Å²) in [5.74, 6) is 0. The average Bonchev–Trinajstić information content (AvgIpc) is 0.875. The second-order valence-corrected chi connectivity index (χ2v) is 39.5. The van der Waals surface area contributed by atoms with Crippen molar-refractivity contribution in [2.45, 2.75) is 78.6 Å². The lowest BCUT2D eigenvalue weighted by atomic mass is 9.33. The van der Waals surface area contributed by atoms with Crippen molar-refractivity contribution < 1.29 is 0 Å². The lowest BCUT2D eigenvalue weighted by Gasteiger charge is -2.47. The van der Waals surface area contributed by atoms with E-state index in [0.717, 1.165) is 180 Å². The molecule has 0 fully saturated rings. The van der Waals surface area contributed by atoms with Crippen LogP contribution in [0, 0.1) is 0 Å². The Hall–Kier alpha value is -16.1. The van der Waals surface area contributed by atoms with Crippen molar-refractivity contribution in [3.05, 3.63) is 478 Å². The zero-order valence-corrected chi connectivity index (χ0v) is 77.7. The van der Waals surface area contributed by atoms with Crippen molar-refractivity contribution in [3.8, 4) is 145 Å². The van der Waals surface area contributed by atoms with Crippen molar-refractivity contribution in [2.24, 2.45) is 0 Å². The number of benzene rings is 19. The van der Waals surface area contributed by atoms with E-state index in [0.29, 0.717) is 0 Å². The molecule has 4 nitrogen and oxygen atoms in total. The molecular weight excluding hydrogens is 1630 g/mol. The first-order valence-electron chi connectivity index (χ1n) is 47.5. The highest BCUT2D eigenvalue weighted by atomic mass is 15.2. The van der Waals surface area contributed by atoms with Gasteiger partial charge in [-0.05, 0) is 223 Å². The van der Waals surface area contributed by atoms with E-state index in [4.69, 9.17) is 0 Å². The zero-order valence-electron chi connectivity index (χ0n) is 77.7. The topological polar surface area (TPSA) is 16.3 Å². The average molecular weight is 1730 g/mol. The monoisotopic (exact) mass is 1730 g/mol. The molecule has 0 spiro atoms. The lowest BCUT2D eigenvalue weighted by Crippen LogP contribution is -2.61. The van der Waals surface area contributed by atoms with E-state index >= 15 is 0 Å². The number of anilines is 6.